The summed E-state index contributed by atoms with van der Waals surface area (Å²) in [7, 11) is 1.66. The molecule has 0 saturated heterocycles. The number of benzene rings is 3. The number of halogens is 1. The van der Waals surface area contributed by atoms with E-state index in [0.717, 1.165) is 21.5 Å². The Morgan fingerprint density at radius 2 is 1.62 bits per heavy atom. The van der Waals surface area contributed by atoms with Crippen molar-refractivity contribution in [1.29, 1.82) is 0 Å². The maximum Gasteiger partial charge on any atom is 0.120 e. The van der Waals surface area contributed by atoms with Crippen LogP contribution in [0, 0.1) is 0 Å². The van der Waals surface area contributed by atoms with Gasteiger partial charge in [0.15, 0.2) is 0 Å². The monoisotopic (exact) mass is 342 g/mol. The summed E-state index contributed by atoms with van der Waals surface area (Å²) in [4.78, 5) is 0. The molecule has 2 nitrogen and oxygen atoms in total. The molecule has 0 unspecified atom stereocenters. The second kappa shape index (κ2) is 6.19. The summed E-state index contributed by atoms with van der Waals surface area (Å²) in [6.45, 7) is 0.496. The molecule has 0 atom stereocenters. The van der Waals surface area contributed by atoms with E-state index in [2.05, 4.69) is 40.2 Å². The Labute approximate surface area is 132 Å². The standard InChI is InChI=1S/C18H15BrO2/c1-20-16-8-9-18(19)15(11-16)12-21-17-7-6-13-4-2-3-5-14(13)10-17/h2-11H,12H2,1H3. The molecule has 0 bridgehead atoms. The average molecular weight is 343 g/mol. The Morgan fingerprint density at radius 1 is 0.857 bits per heavy atom. The SMILES string of the molecule is COc1ccc(Br)c(COc2ccc3ccccc3c2)c1. The minimum atomic E-state index is 0.496. The van der Waals surface area contributed by atoms with Crippen molar-refractivity contribution in [2.75, 3.05) is 7.11 Å². The van der Waals surface area contributed by atoms with E-state index < -0.39 is 0 Å². The lowest BCUT2D eigenvalue weighted by Crippen LogP contribution is -1.97. The van der Waals surface area contributed by atoms with E-state index in [-0.39, 0.29) is 0 Å². The third-order valence-electron chi connectivity index (χ3n) is 3.37. The molecule has 0 spiro atoms. The first-order chi connectivity index (χ1) is 10.3. The third-order valence-corrected chi connectivity index (χ3v) is 4.14. The zero-order valence-corrected chi connectivity index (χ0v) is 13.3. The highest BCUT2D eigenvalue weighted by Gasteiger charge is 2.04. The fourth-order valence-electron chi connectivity index (χ4n) is 2.21. The van der Waals surface area contributed by atoms with Gasteiger partial charge in [0.2, 0.25) is 0 Å². The Kier molecular flexibility index (Phi) is 4.11. The minimum Gasteiger partial charge on any atom is -0.497 e. The summed E-state index contributed by atoms with van der Waals surface area (Å²) in [6, 6.07) is 20.3. The molecule has 3 aromatic carbocycles. The summed E-state index contributed by atoms with van der Waals surface area (Å²) in [5, 5.41) is 2.40. The molecule has 106 valence electrons. The van der Waals surface area contributed by atoms with Gasteiger partial charge in [-0.1, -0.05) is 46.3 Å². The predicted molar refractivity (Wildman–Crippen MR) is 89.0 cm³/mol. The van der Waals surface area contributed by atoms with Gasteiger partial charge in [-0.25, -0.2) is 0 Å². The molecule has 0 heterocycles. The highest BCUT2D eigenvalue weighted by atomic mass is 79.9. The summed E-state index contributed by atoms with van der Waals surface area (Å²) in [5.74, 6) is 1.69. The molecule has 0 aromatic heterocycles. The molecule has 0 amide bonds. The van der Waals surface area contributed by atoms with Crippen LogP contribution in [0.1, 0.15) is 5.56 Å². The van der Waals surface area contributed by atoms with E-state index in [0.29, 0.717) is 6.61 Å². The van der Waals surface area contributed by atoms with Crippen LogP contribution in [-0.4, -0.2) is 7.11 Å². The molecule has 21 heavy (non-hydrogen) atoms. The second-order valence-corrected chi connectivity index (χ2v) is 5.61. The first-order valence-electron chi connectivity index (χ1n) is 6.70. The summed E-state index contributed by atoms with van der Waals surface area (Å²) in [5.41, 5.74) is 1.06. The van der Waals surface area contributed by atoms with E-state index in [1.807, 2.05) is 36.4 Å². The average Bonchev–Trinajstić information content (AvgIpc) is 2.54. The van der Waals surface area contributed by atoms with Gasteiger partial charge in [0.25, 0.3) is 0 Å². The van der Waals surface area contributed by atoms with Crippen LogP contribution in [0.2, 0.25) is 0 Å². The molecule has 0 N–H and O–H groups in total. The van der Waals surface area contributed by atoms with Crippen molar-refractivity contribution in [1.82, 2.24) is 0 Å². The quantitative estimate of drug-likeness (QED) is 0.649. The van der Waals surface area contributed by atoms with Gasteiger partial charge in [-0.3, -0.25) is 0 Å². The molecule has 3 heteroatoms. The van der Waals surface area contributed by atoms with Gasteiger partial charge in [-0.05, 0) is 41.1 Å². The molecule has 0 aliphatic rings. The zero-order valence-electron chi connectivity index (χ0n) is 11.7. The molecule has 3 rings (SSSR count). The smallest absolute Gasteiger partial charge is 0.120 e. The van der Waals surface area contributed by atoms with Crippen LogP contribution < -0.4 is 9.47 Å². The lowest BCUT2D eigenvalue weighted by atomic mass is 10.1. The normalized spacial score (nSPS) is 10.6. The lowest BCUT2D eigenvalue weighted by Gasteiger charge is -2.10. The molecule has 0 radical (unpaired) electrons. The van der Waals surface area contributed by atoms with Crippen LogP contribution in [0.15, 0.2) is 65.1 Å². The van der Waals surface area contributed by atoms with Gasteiger partial charge in [0, 0.05) is 10.0 Å². The van der Waals surface area contributed by atoms with Crippen LogP contribution >= 0.6 is 15.9 Å². The Bertz CT molecular complexity index is 768. The van der Waals surface area contributed by atoms with Crippen molar-refractivity contribution in [2.45, 2.75) is 6.61 Å². The fraction of sp³-hybridized carbons (Fsp3) is 0.111. The van der Waals surface area contributed by atoms with E-state index in [4.69, 9.17) is 9.47 Å². The highest BCUT2D eigenvalue weighted by molar-refractivity contribution is 9.10. The van der Waals surface area contributed by atoms with Crippen LogP contribution in [0.5, 0.6) is 11.5 Å². The summed E-state index contributed by atoms with van der Waals surface area (Å²) < 4.78 is 12.2. The largest absolute Gasteiger partial charge is 0.497 e. The molecule has 0 fully saturated rings. The molecule has 0 saturated carbocycles. The number of fused-ring (bicyclic) bond motifs is 1. The van der Waals surface area contributed by atoms with Gasteiger partial charge in [-0.2, -0.15) is 0 Å². The van der Waals surface area contributed by atoms with Gasteiger partial charge < -0.3 is 9.47 Å². The molecule has 0 aliphatic heterocycles. The summed E-state index contributed by atoms with van der Waals surface area (Å²) in [6.07, 6.45) is 0. The van der Waals surface area contributed by atoms with Crippen LogP contribution in [0.25, 0.3) is 10.8 Å². The summed E-state index contributed by atoms with van der Waals surface area (Å²) >= 11 is 3.54. The first kappa shape index (κ1) is 14.0. The zero-order chi connectivity index (χ0) is 14.7. The van der Waals surface area contributed by atoms with Crippen LogP contribution in [0.3, 0.4) is 0 Å². The van der Waals surface area contributed by atoms with Gasteiger partial charge >= 0.3 is 0 Å². The van der Waals surface area contributed by atoms with Crippen molar-refractivity contribution in [3.05, 3.63) is 70.7 Å². The Hall–Kier alpha value is -2.00. The number of methoxy groups -OCH3 is 1. The van der Waals surface area contributed by atoms with Gasteiger partial charge in [0.1, 0.15) is 18.1 Å². The van der Waals surface area contributed by atoms with Crippen molar-refractivity contribution in [2.24, 2.45) is 0 Å². The van der Waals surface area contributed by atoms with Crippen molar-refractivity contribution >= 4 is 26.7 Å². The van der Waals surface area contributed by atoms with Crippen molar-refractivity contribution < 1.29 is 9.47 Å². The number of rotatable bonds is 4. The molecule has 3 aromatic rings. The number of ether oxygens (including phenoxy) is 2. The van der Waals surface area contributed by atoms with E-state index in [1.54, 1.807) is 7.11 Å². The maximum absolute atomic E-state index is 5.89. The third kappa shape index (κ3) is 3.19. The highest BCUT2D eigenvalue weighted by Crippen LogP contribution is 2.25. The van der Waals surface area contributed by atoms with Crippen molar-refractivity contribution in [3.8, 4) is 11.5 Å². The number of hydrogen-bond donors (Lipinski definition) is 0. The fourth-order valence-corrected chi connectivity index (χ4v) is 2.57. The van der Waals surface area contributed by atoms with Gasteiger partial charge in [-0.15, -0.1) is 0 Å². The lowest BCUT2D eigenvalue weighted by molar-refractivity contribution is 0.305. The number of hydrogen-bond acceptors (Lipinski definition) is 2. The maximum atomic E-state index is 5.89. The molecule has 0 aliphatic carbocycles. The van der Waals surface area contributed by atoms with Gasteiger partial charge in [0.05, 0.1) is 7.11 Å². The van der Waals surface area contributed by atoms with Crippen molar-refractivity contribution in [3.63, 3.8) is 0 Å². The Morgan fingerprint density at radius 3 is 2.43 bits per heavy atom. The van der Waals surface area contributed by atoms with Crippen LogP contribution in [-0.2, 0) is 6.61 Å². The van der Waals surface area contributed by atoms with E-state index in [1.165, 1.54) is 10.8 Å². The topological polar surface area (TPSA) is 18.5 Å². The molecular formula is C18H15BrO2. The first-order valence-corrected chi connectivity index (χ1v) is 7.49. The second-order valence-electron chi connectivity index (χ2n) is 4.75. The van der Waals surface area contributed by atoms with Crippen LogP contribution in [0.4, 0.5) is 0 Å². The minimum absolute atomic E-state index is 0.496. The Balaban J connectivity index is 1.80. The van der Waals surface area contributed by atoms with E-state index in [9.17, 15) is 0 Å². The van der Waals surface area contributed by atoms with E-state index >= 15 is 0 Å². The molecular weight excluding hydrogens is 328 g/mol. The predicted octanol–water partition coefficient (Wildman–Crippen LogP) is 5.19.